The fraction of sp³-hybridized carbons (Fsp3) is 0.364. The lowest BCUT2D eigenvalue weighted by Gasteiger charge is -2.19. The van der Waals surface area contributed by atoms with Gasteiger partial charge in [-0.3, -0.25) is 0 Å². The summed E-state index contributed by atoms with van der Waals surface area (Å²) >= 11 is 3.26. The largest absolute Gasteiger partial charge is 0.442 e. The maximum absolute atomic E-state index is 11.9. The molecule has 6 heteroatoms. The summed E-state index contributed by atoms with van der Waals surface area (Å²) in [4.78, 5) is 16.1. The van der Waals surface area contributed by atoms with Gasteiger partial charge in [-0.05, 0) is 48.8 Å². The predicted octanol–water partition coefficient (Wildman–Crippen LogP) is 2.98. The first-order chi connectivity index (χ1) is 7.87. The Hall–Kier alpha value is -1.43. The molecule has 2 aromatic rings. The molecule has 0 atom stereocenters. The van der Waals surface area contributed by atoms with Crippen LogP contribution in [0.25, 0.3) is 11.0 Å². The van der Waals surface area contributed by atoms with Crippen molar-refractivity contribution in [2.45, 2.75) is 26.4 Å². The minimum absolute atomic E-state index is 0.503. The molecule has 2 rings (SSSR count). The van der Waals surface area contributed by atoms with Crippen molar-refractivity contribution in [2.75, 3.05) is 0 Å². The molecule has 0 radical (unpaired) electrons. The number of carbonyl (C=O) groups excluding carboxylic acids is 1. The van der Waals surface area contributed by atoms with Crippen LogP contribution in [0, 0.1) is 0 Å². The van der Waals surface area contributed by atoms with Crippen molar-refractivity contribution in [3.63, 3.8) is 0 Å². The van der Waals surface area contributed by atoms with Crippen molar-refractivity contribution in [1.29, 1.82) is 0 Å². The lowest BCUT2D eigenvalue weighted by Crippen LogP contribution is -2.27. The quantitative estimate of drug-likeness (QED) is 0.702. The van der Waals surface area contributed by atoms with Crippen LogP contribution in [0.5, 0.6) is 0 Å². The number of aromatic nitrogens is 3. The Bertz CT molecular complexity index is 572. The summed E-state index contributed by atoms with van der Waals surface area (Å²) in [5, 5.41) is 3.98. The van der Waals surface area contributed by atoms with Crippen LogP contribution in [-0.2, 0) is 4.74 Å². The van der Waals surface area contributed by atoms with E-state index in [-0.39, 0.29) is 0 Å². The number of carbonyl (C=O) groups is 1. The summed E-state index contributed by atoms with van der Waals surface area (Å²) in [7, 11) is 0. The number of hydrogen-bond donors (Lipinski definition) is 0. The molecule has 2 aromatic heterocycles. The van der Waals surface area contributed by atoms with Crippen LogP contribution < -0.4 is 0 Å². The second kappa shape index (κ2) is 4.10. The van der Waals surface area contributed by atoms with Crippen molar-refractivity contribution in [3.05, 3.63) is 22.9 Å². The molecule has 0 amide bonds. The predicted molar refractivity (Wildman–Crippen MR) is 66.9 cm³/mol. The van der Waals surface area contributed by atoms with Crippen LogP contribution in [0.15, 0.2) is 22.9 Å². The Morgan fingerprint density at radius 1 is 1.41 bits per heavy atom. The Labute approximate surface area is 107 Å². The van der Waals surface area contributed by atoms with Gasteiger partial charge in [0, 0.05) is 0 Å². The zero-order valence-corrected chi connectivity index (χ0v) is 11.4. The van der Waals surface area contributed by atoms with Crippen LogP contribution in [0.4, 0.5) is 4.79 Å². The third-order valence-corrected chi connectivity index (χ3v) is 2.40. The molecule has 0 aliphatic heterocycles. The smallest absolute Gasteiger partial charge is 0.435 e. The van der Waals surface area contributed by atoms with Crippen molar-refractivity contribution >= 4 is 33.1 Å². The molecule has 0 aliphatic rings. The van der Waals surface area contributed by atoms with Gasteiger partial charge in [0.1, 0.15) is 15.7 Å². The molecule has 5 nitrogen and oxygen atoms in total. The van der Waals surface area contributed by atoms with Crippen LogP contribution in [0.2, 0.25) is 0 Å². The molecular formula is C11H12BrN3O2. The summed E-state index contributed by atoms with van der Waals surface area (Å²) < 4.78 is 7.15. The van der Waals surface area contributed by atoms with Gasteiger partial charge in [-0.15, -0.1) is 0 Å². The minimum atomic E-state index is -0.544. The van der Waals surface area contributed by atoms with Gasteiger partial charge in [-0.25, -0.2) is 9.78 Å². The molecule has 0 spiro atoms. The van der Waals surface area contributed by atoms with Gasteiger partial charge in [-0.1, -0.05) is 0 Å². The zero-order chi connectivity index (χ0) is 12.6. The lowest BCUT2D eigenvalue weighted by atomic mass is 10.2. The molecule has 90 valence electrons. The van der Waals surface area contributed by atoms with Gasteiger partial charge >= 0.3 is 6.09 Å². The van der Waals surface area contributed by atoms with Crippen LogP contribution in [0.1, 0.15) is 20.8 Å². The second-order valence-corrected chi connectivity index (χ2v) is 5.39. The van der Waals surface area contributed by atoms with E-state index in [1.807, 2.05) is 20.8 Å². The number of nitrogens with zero attached hydrogens (tertiary/aromatic N) is 3. The third-order valence-electron chi connectivity index (χ3n) is 1.96. The van der Waals surface area contributed by atoms with E-state index in [9.17, 15) is 4.79 Å². The fourth-order valence-electron chi connectivity index (χ4n) is 1.34. The lowest BCUT2D eigenvalue weighted by molar-refractivity contribution is 0.0523. The summed E-state index contributed by atoms with van der Waals surface area (Å²) in [6.07, 6.45) is 1.03. The topological polar surface area (TPSA) is 57.0 Å². The Morgan fingerprint density at radius 2 is 2.12 bits per heavy atom. The first kappa shape index (κ1) is 12.0. The number of pyridine rings is 1. The van der Waals surface area contributed by atoms with E-state index in [0.29, 0.717) is 15.6 Å². The van der Waals surface area contributed by atoms with Gasteiger partial charge in [0.05, 0.1) is 11.7 Å². The molecule has 17 heavy (non-hydrogen) atoms. The van der Waals surface area contributed by atoms with Gasteiger partial charge < -0.3 is 4.74 Å². The number of rotatable bonds is 0. The van der Waals surface area contributed by atoms with E-state index >= 15 is 0 Å². The molecule has 0 aliphatic carbocycles. The zero-order valence-electron chi connectivity index (χ0n) is 9.77. The highest BCUT2D eigenvalue weighted by atomic mass is 79.9. The molecular weight excluding hydrogens is 286 g/mol. The monoisotopic (exact) mass is 297 g/mol. The van der Waals surface area contributed by atoms with Gasteiger partial charge in [-0.2, -0.15) is 9.78 Å². The van der Waals surface area contributed by atoms with Crippen molar-refractivity contribution in [2.24, 2.45) is 0 Å². The first-order valence-corrected chi connectivity index (χ1v) is 5.90. The van der Waals surface area contributed by atoms with E-state index in [4.69, 9.17) is 4.74 Å². The Kier molecular flexibility index (Phi) is 2.91. The van der Waals surface area contributed by atoms with Crippen LogP contribution in [0.3, 0.4) is 0 Å². The average molecular weight is 298 g/mol. The maximum atomic E-state index is 11.9. The maximum Gasteiger partial charge on any atom is 0.435 e. The van der Waals surface area contributed by atoms with Crippen LogP contribution >= 0.6 is 15.9 Å². The number of ether oxygens (including phenoxy) is 1. The molecule has 0 bridgehead atoms. The molecule has 2 heterocycles. The summed E-state index contributed by atoms with van der Waals surface area (Å²) in [6.45, 7) is 5.43. The molecule has 0 N–H and O–H groups in total. The molecule has 0 fully saturated rings. The summed E-state index contributed by atoms with van der Waals surface area (Å²) in [6, 6.07) is 3.52. The van der Waals surface area contributed by atoms with E-state index < -0.39 is 11.7 Å². The van der Waals surface area contributed by atoms with Crippen molar-refractivity contribution < 1.29 is 9.53 Å². The minimum Gasteiger partial charge on any atom is -0.442 e. The second-order valence-electron chi connectivity index (χ2n) is 4.58. The highest BCUT2D eigenvalue weighted by Crippen LogP contribution is 2.17. The average Bonchev–Trinajstić information content (AvgIpc) is 2.57. The number of halogens is 1. The highest BCUT2D eigenvalue weighted by molar-refractivity contribution is 9.10. The molecule has 0 unspecified atom stereocenters. The van der Waals surface area contributed by atoms with Gasteiger partial charge in [0.2, 0.25) is 0 Å². The van der Waals surface area contributed by atoms with Crippen molar-refractivity contribution in [3.8, 4) is 0 Å². The number of hydrogen-bond acceptors (Lipinski definition) is 4. The Morgan fingerprint density at radius 3 is 2.76 bits per heavy atom. The normalized spacial score (nSPS) is 11.8. The highest BCUT2D eigenvalue weighted by Gasteiger charge is 2.20. The van der Waals surface area contributed by atoms with Gasteiger partial charge in [0.15, 0.2) is 0 Å². The first-order valence-electron chi connectivity index (χ1n) is 5.10. The van der Waals surface area contributed by atoms with E-state index in [0.717, 1.165) is 0 Å². The van der Waals surface area contributed by atoms with Crippen LogP contribution in [-0.4, -0.2) is 26.5 Å². The third kappa shape index (κ3) is 2.63. The summed E-state index contributed by atoms with van der Waals surface area (Å²) in [5.41, 5.74) is 0.728. The van der Waals surface area contributed by atoms with Gasteiger partial charge in [0.25, 0.3) is 0 Å². The van der Waals surface area contributed by atoms with E-state index in [1.165, 1.54) is 10.9 Å². The van der Waals surface area contributed by atoms with Crippen molar-refractivity contribution in [1.82, 2.24) is 14.8 Å². The summed E-state index contributed by atoms with van der Waals surface area (Å²) in [5.74, 6) is 0. The van der Waals surface area contributed by atoms with E-state index in [2.05, 4.69) is 26.0 Å². The molecule has 0 saturated heterocycles. The molecule has 0 saturated carbocycles. The SMILES string of the molecule is CC(C)(C)OC(=O)n1ncc2nc(Br)ccc21. The number of fused-ring (bicyclic) bond motifs is 1. The van der Waals surface area contributed by atoms with E-state index in [1.54, 1.807) is 12.1 Å². The standard InChI is InChI=1S/C11H12BrN3O2/c1-11(2,3)17-10(16)15-8-4-5-9(12)14-7(8)6-13-15/h4-6H,1-3H3. The molecule has 0 aromatic carbocycles. The Balaban J connectivity index is 2.40. The fourth-order valence-corrected chi connectivity index (χ4v) is 1.67.